The smallest absolute Gasteiger partial charge is 0.323 e. The maximum Gasteiger partial charge on any atom is 0.416 e. The third-order valence-corrected chi connectivity index (χ3v) is 4.54. The topological polar surface area (TPSA) is 53.4 Å². The zero-order chi connectivity index (χ0) is 19.3. The van der Waals surface area contributed by atoms with Crippen molar-refractivity contribution < 1.29 is 18.0 Å². The van der Waals surface area contributed by atoms with Gasteiger partial charge in [0.1, 0.15) is 0 Å². The summed E-state index contributed by atoms with van der Waals surface area (Å²) in [5.74, 6) is 0. The number of hydrogen-bond donors (Lipinski definition) is 1. The lowest BCUT2D eigenvalue weighted by Gasteiger charge is -2.22. The minimum Gasteiger partial charge on any atom is -0.323 e. The number of carbonyl (C=O) groups excluding carboxylic acids is 1. The predicted molar refractivity (Wildman–Crippen MR) is 95.3 cm³/mol. The summed E-state index contributed by atoms with van der Waals surface area (Å²) in [6.45, 7) is 4.49. The second kappa shape index (κ2) is 8.43. The van der Waals surface area contributed by atoms with Crippen molar-refractivity contribution in [1.82, 2.24) is 19.6 Å². The molecule has 0 aliphatic carbocycles. The van der Waals surface area contributed by atoms with Gasteiger partial charge in [-0.25, -0.2) is 4.79 Å². The first kappa shape index (κ1) is 19.2. The van der Waals surface area contributed by atoms with E-state index in [1.54, 1.807) is 11.1 Å². The zero-order valence-electron chi connectivity index (χ0n) is 14.8. The number of aromatic nitrogens is 2. The van der Waals surface area contributed by atoms with Crippen LogP contribution in [0.4, 0.5) is 23.7 Å². The molecule has 1 N–H and O–H groups in total. The summed E-state index contributed by atoms with van der Waals surface area (Å²) in [6, 6.07) is 6.08. The molecule has 1 aromatic carbocycles. The van der Waals surface area contributed by atoms with Gasteiger partial charge in [-0.15, -0.1) is 0 Å². The number of anilines is 1. The van der Waals surface area contributed by atoms with Gasteiger partial charge in [0.05, 0.1) is 12.1 Å². The average molecular weight is 381 g/mol. The molecular formula is C18H22F3N5O. The average Bonchev–Trinajstić information content (AvgIpc) is 3.03. The molecule has 1 aliphatic rings. The molecule has 0 bridgehead atoms. The van der Waals surface area contributed by atoms with Crippen LogP contribution >= 0.6 is 0 Å². The Bertz CT molecular complexity index is 730. The van der Waals surface area contributed by atoms with Crippen LogP contribution < -0.4 is 5.32 Å². The first-order valence-corrected chi connectivity index (χ1v) is 8.85. The number of benzene rings is 1. The van der Waals surface area contributed by atoms with E-state index in [0.29, 0.717) is 18.8 Å². The molecule has 2 aromatic rings. The Labute approximate surface area is 155 Å². The Morgan fingerprint density at radius 3 is 2.52 bits per heavy atom. The minimum atomic E-state index is -4.38. The number of amides is 2. The number of rotatable bonds is 4. The molecule has 1 fully saturated rings. The van der Waals surface area contributed by atoms with Gasteiger partial charge in [0, 0.05) is 44.3 Å². The van der Waals surface area contributed by atoms with Crippen molar-refractivity contribution in [3.05, 3.63) is 48.3 Å². The Morgan fingerprint density at radius 1 is 1.07 bits per heavy atom. The number of urea groups is 1. The van der Waals surface area contributed by atoms with Gasteiger partial charge in [0.25, 0.3) is 0 Å². The molecule has 3 rings (SSSR count). The van der Waals surface area contributed by atoms with Crippen molar-refractivity contribution in [2.24, 2.45) is 0 Å². The molecule has 2 amide bonds. The molecule has 6 nitrogen and oxygen atoms in total. The molecule has 146 valence electrons. The van der Waals surface area contributed by atoms with Crippen LogP contribution in [-0.2, 0) is 12.7 Å². The summed E-state index contributed by atoms with van der Waals surface area (Å²) >= 11 is 0. The number of alkyl halides is 3. The lowest BCUT2D eigenvalue weighted by atomic mass is 10.2. The molecule has 0 saturated carbocycles. The van der Waals surface area contributed by atoms with E-state index >= 15 is 0 Å². The van der Waals surface area contributed by atoms with Crippen LogP contribution in [0.3, 0.4) is 0 Å². The van der Waals surface area contributed by atoms with E-state index in [9.17, 15) is 18.0 Å². The molecule has 27 heavy (non-hydrogen) atoms. The monoisotopic (exact) mass is 381 g/mol. The molecule has 0 atom stereocenters. The highest BCUT2D eigenvalue weighted by Crippen LogP contribution is 2.29. The second-order valence-electron chi connectivity index (χ2n) is 6.46. The van der Waals surface area contributed by atoms with Gasteiger partial charge in [-0.05, 0) is 43.3 Å². The van der Waals surface area contributed by atoms with E-state index in [1.807, 2.05) is 16.9 Å². The number of nitrogens with zero attached hydrogens (tertiary/aromatic N) is 4. The number of hydrogen-bond acceptors (Lipinski definition) is 3. The molecule has 1 aliphatic heterocycles. The van der Waals surface area contributed by atoms with Crippen LogP contribution in [-0.4, -0.2) is 58.3 Å². The number of halogens is 3. The molecule has 2 heterocycles. The Balaban J connectivity index is 1.49. The Hall–Kier alpha value is -2.55. The normalized spacial score (nSPS) is 16.2. The van der Waals surface area contributed by atoms with Crippen molar-refractivity contribution in [2.45, 2.75) is 19.1 Å². The molecule has 1 aromatic heterocycles. The van der Waals surface area contributed by atoms with Crippen molar-refractivity contribution in [2.75, 3.05) is 38.0 Å². The SMILES string of the molecule is O=C(Nc1ccc(C(F)(F)F)cc1)N1CCCN(CCn2cccn2)CC1. The first-order valence-electron chi connectivity index (χ1n) is 8.85. The third kappa shape index (κ3) is 5.46. The fourth-order valence-corrected chi connectivity index (χ4v) is 3.02. The van der Waals surface area contributed by atoms with Crippen LogP contribution in [0.25, 0.3) is 0 Å². The maximum absolute atomic E-state index is 12.6. The summed E-state index contributed by atoms with van der Waals surface area (Å²) in [5, 5.41) is 6.85. The molecule has 0 radical (unpaired) electrons. The minimum absolute atomic E-state index is 0.288. The summed E-state index contributed by atoms with van der Waals surface area (Å²) in [5.41, 5.74) is -0.379. The predicted octanol–water partition coefficient (Wildman–Crippen LogP) is 3.14. The summed E-state index contributed by atoms with van der Waals surface area (Å²) in [7, 11) is 0. The van der Waals surface area contributed by atoms with Crippen LogP contribution in [0.5, 0.6) is 0 Å². The molecule has 9 heteroatoms. The summed E-state index contributed by atoms with van der Waals surface area (Å²) in [6.07, 6.45) is 0.129. The lowest BCUT2D eigenvalue weighted by Crippen LogP contribution is -2.38. The van der Waals surface area contributed by atoms with Gasteiger partial charge < -0.3 is 10.2 Å². The van der Waals surface area contributed by atoms with E-state index < -0.39 is 11.7 Å². The molecular weight excluding hydrogens is 359 g/mol. The fraction of sp³-hybridized carbons (Fsp3) is 0.444. The highest BCUT2D eigenvalue weighted by atomic mass is 19.4. The van der Waals surface area contributed by atoms with Gasteiger partial charge in [-0.2, -0.15) is 18.3 Å². The standard InChI is InChI=1S/C18H22F3N5O/c19-18(20,21)15-3-5-16(6-4-15)23-17(27)25-9-2-8-24(11-13-25)12-14-26-10-1-7-22-26/h1,3-7,10H,2,8-9,11-14H2,(H,23,27). The van der Waals surface area contributed by atoms with E-state index in [1.165, 1.54) is 12.1 Å². The van der Waals surface area contributed by atoms with Crippen LogP contribution in [0.1, 0.15) is 12.0 Å². The van der Waals surface area contributed by atoms with Gasteiger partial charge in [0.2, 0.25) is 0 Å². The molecule has 1 saturated heterocycles. The Morgan fingerprint density at radius 2 is 1.85 bits per heavy atom. The van der Waals surface area contributed by atoms with Gasteiger partial charge in [-0.1, -0.05) is 0 Å². The number of nitrogens with one attached hydrogen (secondary N) is 1. The number of carbonyl (C=O) groups is 1. The van der Waals surface area contributed by atoms with Crippen molar-refractivity contribution in [3.63, 3.8) is 0 Å². The van der Waals surface area contributed by atoms with Crippen molar-refractivity contribution in [3.8, 4) is 0 Å². The largest absolute Gasteiger partial charge is 0.416 e. The molecule has 0 spiro atoms. The van der Waals surface area contributed by atoms with Gasteiger partial charge in [-0.3, -0.25) is 9.58 Å². The summed E-state index contributed by atoms with van der Waals surface area (Å²) in [4.78, 5) is 16.4. The van der Waals surface area contributed by atoms with Crippen LogP contribution in [0.2, 0.25) is 0 Å². The summed E-state index contributed by atoms with van der Waals surface area (Å²) < 4.78 is 39.7. The quantitative estimate of drug-likeness (QED) is 0.885. The van der Waals surface area contributed by atoms with Crippen LogP contribution in [0, 0.1) is 0 Å². The van der Waals surface area contributed by atoms with Crippen LogP contribution in [0.15, 0.2) is 42.7 Å². The third-order valence-electron chi connectivity index (χ3n) is 4.54. The van der Waals surface area contributed by atoms with Crippen molar-refractivity contribution in [1.29, 1.82) is 0 Å². The van der Waals surface area contributed by atoms with Gasteiger partial charge >= 0.3 is 12.2 Å². The lowest BCUT2D eigenvalue weighted by molar-refractivity contribution is -0.137. The van der Waals surface area contributed by atoms with E-state index in [4.69, 9.17) is 0 Å². The zero-order valence-corrected chi connectivity index (χ0v) is 14.8. The van der Waals surface area contributed by atoms with Gasteiger partial charge in [0.15, 0.2) is 0 Å². The molecule has 0 unspecified atom stereocenters. The highest BCUT2D eigenvalue weighted by Gasteiger charge is 2.30. The van der Waals surface area contributed by atoms with Crippen molar-refractivity contribution >= 4 is 11.7 Å². The fourth-order valence-electron chi connectivity index (χ4n) is 3.02. The maximum atomic E-state index is 12.6. The highest BCUT2D eigenvalue weighted by molar-refractivity contribution is 5.89. The van der Waals surface area contributed by atoms with E-state index in [-0.39, 0.29) is 6.03 Å². The second-order valence-corrected chi connectivity index (χ2v) is 6.46. The van der Waals surface area contributed by atoms with E-state index in [0.717, 1.165) is 44.7 Å². The van der Waals surface area contributed by atoms with E-state index in [2.05, 4.69) is 15.3 Å². The first-order chi connectivity index (χ1) is 12.9. The Kier molecular flexibility index (Phi) is 6.00.